The van der Waals surface area contributed by atoms with E-state index in [1.807, 2.05) is 0 Å². The number of nitrogens with zero attached hydrogens (tertiary/aromatic N) is 1. The van der Waals surface area contributed by atoms with Gasteiger partial charge in [-0.2, -0.15) is 0 Å². The maximum absolute atomic E-state index is 13.8. The second-order valence-electron chi connectivity index (χ2n) is 5.69. The van der Waals surface area contributed by atoms with E-state index >= 15 is 0 Å². The Morgan fingerprint density at radius 1 is 1.12 bits per heavy atom. The first-order valence-corrected chi connectivity index (χ1v) is 8.49. The van der Waals surface area contributed by atoms with Crippen LogP contribution in [-0.2, 0) is 11.2 Å². The highest BCUT2D eigenvalue weighted by Gasteiger charge is 2.38. The van der Waals surface area contributed by atoms with E-state index in [1.165, 1.54) is 12.1 Å². The van der Waals surface area contributed by atoms with E-state index in [4.69, 9.17) is 23.2 Å². The van der Waals surface area contributed by atoms with Gasteiger partial charge in [-0.25, -0.2) is 4.39 Å². The molecule has 3 amide bonds. The molecule has 0 radical (unpaired) electrons. The van der Waals surface area contributed by atoms with Gasteiger partial charge in [-0.3, -0.25) is 19.3 Å². The molecule has 2 aromatic carbocycles. The van der Waals surface area contributed by atoms with E-state index in [0.29, 0.717) is 16.5 Å². The molecule has 0 aliphatic carbocycles. The fourth-order valence-electron chi connectivity index (χ4n) is 2.70. The van der Waals surface area contributed by atoms with Crippen LogP contribution in [0.4, 0.5) is 4.39 Å². The molecule has 8 heteroatoms. The van der Waals surface area contributed by atoms with Crippen LogP contribution < -0.4 is 5.32 Å². The number of benzene rings is 2. The van der Waals surface area contributed by atoms with E-state index < -0.39 is 30.1 Å². The minimum atomic E-state index is -0.806. The molecule has 0 unspecified atom stereocenters. The summed E-state index contributed by atoms with van der Waals surface area (Å²) in [6.07, 6.45) is 0.457. The topological polar surface area (TPSA) is 66.5 Å². The van der Waals surface area contributed by atoms with Crippen LogP contribution in [0.2, 0.25) is 10.0 Å². The van der Waals surface area contributed by atoms with Crippen LogP contribution in [0.1, 0.15) is 26.3 Å². The summed E-state index contributed by atoms with van der Waals surface area (Å²) in [4.78, 5) is 37.2. The Labute approximate surface area is 158 Å². The molecular formula is C18H13Cl2FN2O3. The second kappa shape index (κ2) is 7.43. The molecule has 0 spiro atoms. The molecule has 26 heavy (non-hydrogen) atoms. The number of halogens is 3. The van der Waals surface area contributed by atoms with Crippen LogP contribution in [0, 0.1) is 5.82 Å². The summed E-state index contributed by atoms with van der Waals surface area (Å²) >= 11 is 11.9. The number of fused-ring (bicyclic) bond motifs is 1. The summed E-state index contributed by atoms with van der Waals surface area (Å²) in [6.45, 7) is -0.210. The maximum Gasteiger partial charge on any atom is 0.265 e. The minimum absolute atomic E-state index is 0.0317. The molecular weight excluding hydrogens is 382 g/mol. The lowest BCUT2D eigenvalue weighted by Crippen LogP contribution is -2.41. The number of rotatable bonds is 5. The van der Waals surface area contributed by atoms with Gasteiger partial charge in [0.25, 0.3) is 11.8 Å². The highest BCUT2D eigenvalue weighted by Crippen LogP contribution is 2.25. The lowest BCUT2D eigenvalue weighted by molar-refractivity contribution is -0.121. The number of carbonyl (C=O) groups excluding carboxylic acids is 3. The molecule has 1 N–H and O–H groups in total. The molecule has 0 saturated carbocycles. The predicted molar refractivity (Wildman–Crippen MR) is 94.9 cm³/mol. The van der Waals surface area contributed by atoms with Crippen LogP contribution in [0.25, 0.3) is 0 Å². The first-order chi connectivity index (χ1) is 12.4. The quantitative estimate of drug-likeness (QED) is 0.792. The van der Waals surface area contributed by atoms with Gasteiger partial charge in [0.05, 0.1) is 11.1 Å². The standard InChI is InChI=1S/C18H13Cl2FN2O3/c19-11-5-4-10(13(20)8-11)6-7-22-15(24)9-23-17(25)12-2-1-3-14(21)16(12)18(23)26/h1-5,8H,6-7,9H2,(H,22,24). The zero-order valence-electron chi connectivity index (χ0n) is 13.4. The highest BCUT2D eigenvalue weighted by molar-refractivity contribution is 6.35. The molecule has 0 bridgehead atoms. The van der Waals surface area contributed by atoms with Gasteiger partial charge >= 0.3 is 0 Å². The number of carbonyl (C=O) groups is 3. The van der Waals surface area contributed by atoms with E-state index in [-0.39, 0.29) is 17.7 Å². The van der Waals surface area contributed by atoms with Gasteiger partial charge in [-0.05, 0) is 36.2 Å². The zero-order valence-corrected chi connectivity index (χ0v) is 14.9. The molecule has 0 aromatic heterocycles. The third-order valence-electron chi connectivity index (χ3n) is 3.98. The molecule has 1 heterocycles. The third kappa shape index (κ3) is 3.57. The van der Waals surface area contributed by atoms with E-state index in [2.05, 4.69) is 5.32 Å². The van der Waals surface area contributed by atoms with Crippen molar-refractivity contribution in [2.45, 2.75) is 6.42 Å². The van der Waals surface area contributed by atoms with Crippen LogP contribution in [0.5, 0.6) is 0 Å². The lowest BCUT2D eigenvalue weighted by Gasteiger charge is -2.13. The number of hydrogen-bond donors (Lipinski definition) is 1. The average Bonchev–Trinajstić information content (AvgIpc) is 2.83. The molecule has 2 aromatic rings. The first-order valence-electron chi connectivity index (χ1n) is 7.74. The van der Waals surface area contributed by atoms with Gasteiger partial charge in [0.1, 0.15) is 12.4 Å². The molecule has 0 fully saturated rings. The van der Waals surface area contributed by atoms with Crippen molar-refractivity contribution in [1.29, 1.82) is 0 Å². The number of hydrogen-bond acceptors (Lipinski definition) is 3. The van der Waals surface area contributed by atoms with Gasteiger partial charge in [0, 0.05) is 16.6 Å². The zero-order chi connectivity index (χ0) is 18.8. The summed E-state index contributed by atoms with van der Waals surface area (Å²) in [5, 5.41) is 3.61. The minimum Gasteiger partial charge on any atom is -0.354 e. The molecule has 1 aliphatic heterocycles. The molecule has 0 saturated heterocycles. The van der Waals surface area contributed by atoms with E-state index in [0.717, 1.165) is 16.5 Å². The van der Waals surface area contributed by atoms with Crippen molar-refractivity contribution < 1.29 is 18.8 Å². The monoisotopic (exact) mass is 394 g/mol. The number of amides is 3. The Morgan fingerprint density at radius 2 is 1.88 bits per heavy atom. The smallest absolute Gasteiger partial charge is 0.265 e. The SMILES string of the molecule is O=C(CN1C(=O)c2cccc(F)c2C1=O)NCCc1ccc(Cl)cc1Cl. The largest absolute Gasteiger partial charge is 0.354 e. The van der Waals surface area contributed by atoms with Crippen molar-refractivity contribution in [3.05, 3.63) is 69.0 Å². The van der Waals surface area contributed by atoms with Crippen LogP contribution in [-0.4, -0.2) is 35.7 Å². The summed E-state index contributed by atoms with van der Waals surface area (Å²) in [6, 6.07) is 8.86. The first kappa shape index (κ1) is 18.4. The Morgan fingerprint density at radius 3 is 2.58 bits per heavy atom. The average molecular weight is 395 g/mol. The van der Waals surface area contributed by atoms with Crippen molar-refractivity contribution >= 4 is 40.9 Å². The second-order valence-corrected chi connectivity index (χ2v) is 6.54. The summed E-state index contributed by atoms with van der Waals surface area (Å²) in [5.41, 5.74) is 0.480. The molecule has 134 valence electrons. The van der Waals surface area contributed by atoms with Gasteiger partial charge in [-0.1, -0.05) is 35.3 Å². The van der Waals surface area contributed by atoms with Gasteiger partial charge in [0.15, 0.2) is 0 Å². The van der Waals surface area contributed by atoms with Crippen molar-refractivity contribution in [2.75, 3.05) is 13.1 Å². The normalized spacial score (nSPS) is 13.1. The van der Waals surface area contributed by atoms with E-state index in [9.17, 15) is 18.8 Å². The maximum atomic E-state index is 13.8. The molecule has 1 aliphatic rings. The van der Waals surface area contributed by atoms with Crippen molar-refractivity contribution in [3.8, 4) is 0 Å². The summed E-state index contributed by atoms with van der Waals surface area (Å²) in [5.74, 6) is -2.79. The van der Waals surface area contributed by atoms with Crippen LogP contribution >= 0.6 is 23.2 Å². The number of imide groups is 1. The Balaban J connectivity index is 1.58. The van der Waals surface area contributed by atoms with Crippen LogP contribution in [0.15, 0.2) is 36.4 Å². The Hall–Kier alpha value is -2.44. The summed E-state index contributed by atoms with van der Waals surface area (Å²) in [7, 11) is 0. The highest BCUT2D eigenvalue weighted by atomic mass is 35.5. The van der Waals surface area contributed by atoms with Gasteiger partial charge < -0.3 is 5.32 Å². The van der Waals surface area contributed by atoms with Gasteiger partial charge in [0.2, 0.25) is 5.91 Å². The molecule has 3 rings (SSSR count). The fourth-order valence-corrected chi connectivity index (χ4v) is 3.20. The van der Waals surface area contributed by atoms with Crippen molar-refractivity contribution in [3.63, 3.8) is 0 Å². The Bertz CT molecular complexity index is 917. The lowest BCUT2D eigenvalue weighted by atomic mass is 10.1. The fraction of sp³-hybridized carbons (Fsp3) is 0.167. The molecule has 0 atom stereocenters. The van der Waals surface area contributed by atoms with E-state index in [1.54, 1.807) is 18.2 Å². The van der Waals surface area contributed by atoms with Crippen LogP contribution in [0.3, 0.4) is 0 Å². The predicted octanol–water partition coefficient (Wildman–Crippen LogP) is 3.09. The number of nitrogens with one attached hydrogen (secondary N) is 1. The van der Waals surface area contributed by atoms with Gasteiger partial charge in [-0.15, -0.1) is 0 Å². The molecule has 5 nitrogen and oxygen atoms in total. The van der Waals surface area contributed by atoms with Crippen molar-refractivity contribution in [1.82, 2.24) is 10.2 Å². The third-order valence-corrected chi connectivity index (χ3v) is 4.57. The van der Waals surface area contributed by atoms with Crippen molar-refractivity contribution in [2.24, 2.45) is 0 Å². The summed E-state index contributed by atoms with van der Waals surface area (Å²) < 4.78 is 13.8. The Kier molecular flexibility index (Phi) is 5.25.